The van der Waals surface area contributed by atoms with E-state index in [1.165, 1.54) is 19.3 Å². The van der Waals surface area contributed by atoms with Crippen LogP contribution in [-0.2, 0) is 0 Å². The van der Waals surface area contributed by atoms with Gasteiger partial charge in [-0.2, -0.15) is 0 Å². The Labute approximate surface area is 138 Å². The smallest absolute Gasteiger partial charge is 0.122 e. The van der Waals surface area contributed by atoms with E-state index in [2.05, 4.69) is 16.3 Å². The van der Waals surface area contributed by atoms with Crippen LogP contribution in [0.2, 0.25) is 0 Å². The SMILES string of the molecule is O[C@H](CNC[C@H](c1ccco1)N1CCCCC1)c1ccccc1. The average Bonchev–Trinajstić information content (AvgIpc) is 3.14. The van der Waals surface area contributed by atoms with Gasteiger partial charge in [0.2, 0.25) is 0 Å². The molecule has 1 saturated heterocycles. The van der Waals surface area contributed by atoms with Crippen LogP contribution in [0.5, 0.6) is 0 Å². The number of rotatable bonds is 7. The third-order valence-corrected chi connectivity index (χ3v) is 4.56. The van der Waals surface area contributed by atoms with Crippen molar-refractivity contribution in [1.82, 2.24) is 10.2 Å². The van der Waals surface area contributed by atoms with Crippen molar-refractivity contribution in [3.8, 4) is 0 Å². The lowest BCUT2D eigenvalue weighted by Gasteiger charge is -2.33. The number of piperidine rings is 1. The molecule has 4 nitrogen and oxygen atoms in total. The topological polar surface area (TPSA) is 48.6 Å². The zero-order valence-electron chi connectivity index (χ0n) is 13.5. The minimum atomic E-state index is -0.477. The van der Waals surface area contributed by atoms with E-state index in [-0.39, 0.29) is 6.04 Å². The van der Waals surface area contributed by atoms with E-state index in [1.807, 2.05) is 36.4 Å². The molecule has 0 spiro atoms. The minimum absolute atomic E-state index is 0.244. The Morgan fingerprint density at radius 1 is 1.00 bits per heavy atom. The largest absolute Gasteiger partial charge is 0.468 e. The number of likely N-dealkylation sites (tertiary alicyclic amines) is 1. The van der Waals surface area contributed by atoms with Crippen molar-refractivity contribution in [2.24, 2.45) is 0 Å². The van der Waals surface area contributed by atoms with Gasteiger partial charge in [-0.25, -0.2) is 0 Å². The summed E-state index contributed by atoms with van der Waals surface area (Å²) in [4.78, 5) is 2.49. The molecule has 0 radical (unpaired) electrons. The fourth-order valence-corrected chi connectivity index (χ4v) is 3.27. The van der Waals surface area contributed by atoms with E-state index in [0.717, 1.165) is 31.0 Å². The van der Waals surface area contributed by atoms with Crippen LogP contribution in [-0.4, -0.2) is 36.2 Å². The van der Waals surface area contributed by atoms with E-state index in [9.17, 15) is 5.11 Å². The predicted octanol–water partition coefficient (Wildman–Crippen LogP) is 3.13. The first kappa shape index (κ1) is 16.2. The lowest BCUT2D eigenvalue weighted by atomic mass is 10.1. The zero-order valence-corrected chi connectivity index (χ0v) is 13.5. The van der Waals surface area contributed by atoms with Gasteiger partial charge in [0.05, 0.1) is 18.4 Å². The van der Waals surface area contributed by atoms with Gasteiger partial charge in [-0.1, -0.05) is 36.8 Å². The summed E-state index contributed by atoms with van der Waals surface area (Å²) in [6.45, 7) is 3.58. The summed E-state index contributed by atoms with van der Waals surface area (Å²) >= 11 is 0. The fraction of sp³-hybridized carbons (Fsp3) is 0.474. The zero-order chi connectivity index (χ0) is 15.9. The van der Waals surface area contributed by atoms with Crippen LogP contribution in [0, 0.1) is 0 Å². The highest BCUT2D eigenvalue weighted by molar-refractivity contribution is 5.17. The number of furan rings is 1. The molecular formula is C19H26N2O2. The van der Waals surface area contributed by atoms with Crippen LogP contribution in [0.25, 0.3) is 0 Å². The van der Waals surface area contributed by atoms with Gasteiger partial charge in [0.25, 0.3) is 0 Å². The Morgan fingerprint density at radius 3 is 2.48 bits per heavy atom. The summed E-state index contributed by atoms with van der Waals surface area (Å²) in [5.74, 6) is 1.01. The number of nitrogens with zero attached hydrogens (tertiary/aromatic N) is 1. The van der Waals surface area contributed by atoms with Crippen molar-refractivity contribution in [3.63, 3.8) is 0 Å². The van der Waals surface area contributed by atoms with Crippen molar-refractivity contribution >= 4 is 0 Å². The predicted molar refractivity (Wildman–Crippen MR) is 91.1 cm³/mol. The van der Waals surface area contributed by atoms with Crippen LogP contribution in [0.3, 0.4) is 0 Å². The molecule has 0 saturated carbocycles. The summed E-state index contributed by atoms with van der Waals surface area (Å²) in [6.07, 6.45) is 5.09. The molecule has 0 unspecified atom stereocenters. The second-order valence-corrected chi connectivity index (χ2v) is 6.21. The molecule has 23 heavy (non-hydrogen) atoms. The number of benzene rings is 1. The van der Waals surface area contributed by atoms with Gasteiger partial charge in [0.15, 0.2) is 0 Å². The molecule has 2 atom stereocenters. The molecule has 1 aromatic carbocycles. The molecule has 4 heteroatoms. The summed E-state index contributed by atoms with van der Waals surface area (Å²) in [6, 6.07) is 14.0. The number of hydrogen-bond donors (Lipinski definition) is 2. The second kappa shape index (κ2) is 8.29. The molecule has 0 amide bonds. The Bertz CT molecular complexity index is 550. The highest BCUT2D eigenvalue weighted by Crippen LogP contribution is 2.24. The first-order valence-corrected chi connectivity index (χ1v) is 8.56. The van der Waals surface area contributed by atoms with Gasteiger partial charge in [-0.05, 0) is 43.6 Å². The van der Waals surface area contributed by atoms with Gasteiger partial charge < -0.3 is 14.8 Å². The molecule has 0 aliphatic carbocycles. The first-order valence-electron chi connectivity index (χ1n) is 8.56. The standard InChI is InChI=1S/C19H26N2O2/c22-18(16-8-3-1-4-9-16)15-20-14-17(19-10-7-13-23-19)21-11-5-2-6-12-21/h1,3-4,7-10,13,17-18,20,22H,2,5-6,11-12,14-15H2/t17-,18-/m1/s1. The first-order chi connectivity index (χ1) is 11.3. The van der Waals surface area contributed by atoms with E-state index in [4.69, 9.17) is 4.42 Å². The molecule has 3 rings (SSSR count). The Balaban J connectivity index is 1.56. The van der Waals surface area contributed by atoms with Crippen LogP contribution in [0.1, 0.15) is 42.7 Å². The quantitative estimate of drug-likeness (QED) is 0.824. The number of aliphatic hydroxyl groups is 1. The Hall–Kier alpha value is -1.62. The van der Waals surface area contributed by atoms with Gasteiger partial charge >= 0.3 is 0 Å². The highest BCUT2D eigenvalue weighted by Gasteiger charge is 2.24. The molecule has 1 aliphatic heterocycles. The van der Waals surface area contributed by atoms with Crippen molar-refractivity contribution in [2.45, 2.75) is 31.4 Å². The fourth-order valence-electron chi connectivity index (χ4n) is 3.27. The molecule has 2 heterocycles. The molecule has 124 valence electrons. The van der Waals surface area contributed by atoms with Gasteiger partial charge in [-0.15, -0.1) is 0 Å². The number of nitrogens with one attached hydrogen (secondary N) is 1. The van der Waals surface area contributed by atoms with Crippen LogP contribution in [0.4, 0.5) is 0 Å². The van der Waals surface area contributed by atoms with Crippen molar-refractivity contribution < 1.29 is 9.52 Å². The van der Waals surface area contributed by atoms with Crippen molar-refractivity contribution in [1.29, 1.82) is 0 Å². The van der Waals surface area contributed by atoms with Gasteiger partial charge in [0, 0.05) is 13.1 Å². The maximum atomic E-state index is 10.3. The molecular weight excluding hydrogens is 288 g/mol. The maximum absolute atomic E-state index is 10.3. The summed E-state index contributed by atoms with van der Waals surface area (Å²) in [5, 5.41) is 13.7. The van der Waals surface area contributed by atoms with Crippen LogP contribution in [0.15, 0.2) is 53.1 Å². The molecule has 0 bridgehead atoms. The number of aliphatic hydroxyl groups excluding tert-OH is 1. The molecule has 1 aromatic heterocycles. The van der Waals surface area contributed by atoms with Gasteiger partial charge in [0.1, 0.15) is 5.76 Å². The molecule has 2 aromatic rings. The van der Waals surface area contributed by atoms with E-state index in [1.54, 1.807) is 6.26 Å². The normalized spacial score (nSPS) is 18.7. The lowest BCUT2D eigenvalue weighted by Crippen LogP contribution is -2.39. The second-order valence-electron chi connectivity index (χ2n) is 6.21. The van der Waals surface area contributed by atoms with Gasteiger partial charge in [-0.3, -0.25) is 4.90 Å². The third kappa shape index (κ3) is 4.44. The number of hydrogen-bond acceptors (Lipinski definition) is 4. The maximum Gasteiger partial charge on any atom is 0.122 e. The average molecular weight is 314 g/mol. The van der Waals surface area contributed by atoms with E-state index >= 15 is 0 Å². The summed E-state index contributed by atoms with van der Waals surface area (Å²) in [7, 11) is 0. The van der Waals surface area contributed by atoms with E-state index < -0.39 is 6.10 Å². The molecule has 1 fully saturated rings. The highest BCUT2D eigenvalue weighted by atomic mass is 16.3. The Morgan fingerprint density at radius 2 is 1.78 bits per heavy atom. The van der Waals surface area contributed by atoms with Crippen LogP contribution < -0.4 is 5.32 Å². The van der Waals surface area contributed by atoms with E-state index in [0.29, 0.717) is 6.54 Å². The molecule has 2 N–H and O–H groups in total. The minimum Gasteiger partial charge on any atom is -0.468 e. The third-order valence-electron chi connectivity index (χ3n) is 4.56. The summed E-state index contributed by atoms with van der Waals surface area (Å²) < 4.78 is 5.65. The van der Waals surface area contributed by atoms with Crippen LogP contribution >= 0.6 is 0 Å². The molecule has 1 aliphatic rings. The summed E-state index contributed by atoms with van der Waals surface area (Å²) in [5.41, 5.74) is 0.951. The Kier molecular flexibility index (Phi) is 5.86. The van der Waals surface area contributed by atoms with Crippen molar-refractivity contribution in [2.75, 3.05) is 26.2 Å². The lowest BCUT2D eigenvalue weighted by molar-refractivity contribution is 0.131. The monoisotopic (exact) mass is 314 g/mol. The van der Waals surface area contributed by atoms with Crippen molar-refractivity contribution in [3.05, 3.63) is 60.1 Å².